The first kappa shape index (κ1) is 8.61. The molecule has 14 heavy (non-hydrogen) atoms. The highest BCUT2D eigenvalue weighted by Gasteiger charge is 2.11. The van der Waals surface area contributed by atoms with Gasteiger partial charge in [-0.15, -0.1) is 9.78 Å². The summed E-state index contributed by atoms with van der Waals surface area (Å²) < 4.78 is 16.8. The molecule has 0 spiro atoms. The van der Waals surface area contributed by atoms with E-state index in [1.165, 1.54) is 0 Å². The van der Waals surface area contributed by atoms with Gasteiger partial charge in [0.25, 0.3) is 0 Å². The number of aromatic nitrogens is 3. The highest BCUT2D eigenvalue weighted by Crippen LogP contribution is 2.09. The molecule has 0 unspecified atom stereocenters. The Morgan fingerprint density at radius 1 is 1.50 bits per heavy atom. The second-order valence-corrected chi connectivity index (χ2v) is 2.51. The standard InChI is InChI=1S/C8H6FN3O2/c9-5-14-8(13)12-7-4-2-1-3-6(7)10-11-12/h1-4H,5H2. The number of carbonyl (C=O) groups excluding carboxylic acids is 1. The molecule has 6 heteroatoms. The van der Waals surface area contributed by atoms with Crippen molar-refractivity contribution in [1.29, 1.82) is 0 Å². The van der Waals surface area contributed by atoms with Gasteiger partial charge in [0.05, 0.1) is 0 Å². The molecule has 0 atom stereocenters. The zero-order valence-electron chi connectivity index (χ0n) is 7.05. The van der Waals surface area contributed by atoms with E-state index in [4.69, 9.17) is 0 Å². The zero-order valence-corrected chi connectivity index (χ0v) is 7.05. The minimum absolute atomic E-state index is 0.492. The second-order valence-electron chi connectivity index (χ2n) is 2.51. The van der Waals surface area contributed by atoms with Crippen LogP contribution in [-0.2, 0) is 4.74 Å². The van der Waals surface area contributed by atoms with Crippen molar-refractivity contribution in [2.45, 2.75) is 0 Å². The van der Waals surface area contributed by atoms with E-state index in [-0.39, 0.29) is 0 Å². The van der Waals surface area contributed by atoms with E-state index in [0.717, 1.165) is 4.68 Å². The van der Waals surface area contributed by atoms with Crippen LogP contribution in [0.5, 0.6) is 0 Å². The number of benzene rings is 1. The summed E-state index contributed by atoms with van der Waals surface area (Å²) in [5.41, 5.74) is 1.05. The first-order valence-corrected chi connectivity index (χ1v) is 3.86. The van der Waals surface area contributed by atoms with Crippen LogP contribution in [0.2, 0.25) is 0 Å². The van der Waals surface area contributed by atoms with Crippen molar-refractivity contribution < 1.29 is 13.9 Å². The number of hydrogen-bond donors (Lipinski definition) is 0. The molecule has 72 valence electrons. The average Bonchev–Trinajstić information content (AvgIpc) is 2.61. The van der Waals surface area contributed by atoms with Crippen molar-refractivity contribution in [3.8, 4) is 0 Å². The highest BCUT2D eigenvalue weighted by molar-refractivity contribution is 5.84. The fraction of sp³-hybridized carbons (Fsp3) is 0.125. The molecule has 0 N–H and O–H groups in total. The molecule has 1 aromatic carbocycles. The fourth-order valence-electron chi connectivity index (χ4n) is 1.11. The van der Waals surface area contributed by atoms with Crippen LogP contribution >= 0.6 is 0 Å². The first-order valence-electron chi connectivity index (χ1n) is 3.86. The van der Waals surface area contributed by atoms with Crippen LogP contribution in [0.3, 0.4) is 0 Å². The molecule has 2 rings (SSSR count). The van der Waals surface area contributed by atoms with Gasteiger partial charge in [0.2, 0.25) is 6.86 Å². The van der Waals surface area contributed by atoms with Gasteiger partial charge in [0, 0.05) is 0 Å². The lowest BCUT2D eigenvalue weighted by atomic mass is 10.3. The number of carbonyl (C=O) groups is 1. The fourth-order valence-corrected chi connectivity index (χ4v) is 1.11. The van der Waals surface area contributed by atoms with Gasteiger partial charge in [0.15, 0.2) is 0 Å². The van der Waals surface area contributed by atoms with Gasteiger partial charge >= 0.3 is 6.09 Å². The van der Waals surface area contributed by atoms with E-state index in [2.05, 4.69) is 15.0 Å². The van der Waals surface area contributed by atoms with E-state index in [9.17, 15) is 9.18 Å². The van der Waals surface area contributed by atoms with Crippen LogP contribution in [0.1, 0.15) is 0 Å². The number of ether oxygens (including phenoxy) is 1. The van der Waals surface area contributed by atoms with Crippen LogP contribution in [0.15, 0.2) is 24.3 Å². The third-order valence-corrected chi connectivity index (χ3v) is 1.70. The SMILES string of the molecule is O=C(OCF)n1nnc2ccccc21. The molecule has 0 amide bonds. The van der Waals surface area contributed by atoms with Crippen molar-refractivity contribution in [2.24, 2.45) is 0 Å². The Labute approximate surface area is 78.1 Å². The van der Waals surface area contributed by atoms with Gasteiger partial charge in [-0.25, -0.2) is 9.18 Å². The minimum atomic E-state index is -1.17. The highest BCUT2D eigenvalue weighted by atomic mass is 19.1. The summed E-state index contributed by atoms with van der Waals surface area (Å²) in [4.78, 5) is 11.1. The maximum absolute atomic E-state index is 11.7. The summed E-state index contributed by atoms with van der Waals surface area (Å²) in [6, 6.07) is 6.84. The van der Waals surface area contributed by atoms with E-state index in [0.29, 0.717) is 11.0 Å². The van der Waals surface area contributed by atoms with Gasteiger partial charge in [-0.2, -0.15) is 0 Å². The molecule has 0 aliphatic rings. The summed E-state index contributed by atoms with van der Waals surface area (Å²) in [5.74, 6) is 0. The molecule has 0 bridgehead atoms. The number of alkyl halides is 1. The average molecular weight is 195 g/mol. The van der Waals surface area contributed by atoms with E-state index < -0.39 is 13.0 Å². The van der Waals surface area contributed by atoms with Gasteiger partial charge in [-0.3, -0.25) is 0 Å². The van der Waals surface area contributed by atoms with Gasteiger partial charge in [-0.05, 0) is 12.1 Å². The van der Waals surface area contributed by atoms with Crippen molar-refractivity contribution in [2.75, 3.05) is 6.86 Å². The summed E-state index contributed by atoms with van der Waals surface area (Å²) in [5, 5.41) is 7.25. The van der Waals surface area contributed by atoms with Crippen molar-refractivity contribution in [3.63, 3.8) is 0 Å². The molecule has 0 radical (unpaired) electrons. The normalized spacial score (nSPS) is 10.4. The van der Waals surface area contributed by atoms with Crippen LogP contribution in [-0.4, -0.2) is 27.9 Å². The molecule has 0 saturated carbocycles. The molecule has 5 nitrogen and oxygen atoms in total. The van der Waals surface area contributed by atoms with Gasteiger partial charge in [0.1, 0.15) is 11.0 Å². The third-order valence-electron chi connectivity index (χ3n) is 1.70. The molecular weight excluding hydrogens is 189 g/mol. The zero-order chi connectivity index (χ0) is 9.97. The minimum Gasteiger partial charge on any atom is -0.416 e. The maximum atomic E-state index is 11.7. The van der Waals surface area contributed by atoms with E-state index in [1.807, 2.05) is 0 Å². The van der Waals surface area contributed by atoms with Crippen LogP contribution in [0.4, 0.5) is 9.18 Å². The smallest absolute Gasteiger partial charge is 0.416 e. The number of fused-ring (bicyclic) bond motifs is 1. The molecule has 2 aromatic rings. The molecule has 0 saturated heterocycles. The number of rotatable bonds is 1. The Balaban J connectivity index is 2.47. The predicted octanol–water partition coefficient (Wildman–Crippen LogP) is 1.34. The Bertz CT molecular complexity index is 468. The molecule has 0 aliphatic carbocycles. The van der Waals surface area contributed by atoms with E-state index >= 15 is 0 Å². The molecule has 1 aromatic heterocycles. The number of hydrogen-bond acceptors (Lipinski definition) is 4. The van der Waals surface area contributed by atoms with Gasteiger partial charge in [-0.1, -0.05) is 17.3 Å². The van der Waals surface area contributed by atoms with Crippen molar-refractivity contribution in [1.82, 2.24) is 15.0 Å². The van der Waals surface area contributed by atoms with Crippen LogP contribution in [0, 0.1) is 0 Å². The molecule has 1 heterocycles. The predicted molar refractivity (Wildman–Crippen MR) is 45.4 cm³/mol. The topological polar surface area (TPSA) is 57.0 Å². The maximum Gasteiger partial charge on any atom is 0.439 e. The first-order chi connectivity index (χ1) is 6.83. The van der Waals surface area contributed by atoms with Crippen molar-refractivity contribution >= 4 is 17.1 Å². The molecule has 0 fully saturated rings. The lowest BCUT2D eigenvalue weighted by Crippen LogP contribution is -2.14. The summed E-state index contributed by atoms with van der Waals surface area (Å²) >= 11 is 0. The molecule has 0 aliphatic heterocycles. The summed E-state index contributed by atoms with van der Waals surface area (Å²) in [6.45, 7) is -1.17. The Morgan fingerprint density at radius 2 is 2.29 bits per heavy atom. The Hall–Kier alpha value is -1.98. The second kappa shape index (κ2) is 3.41. The van der Waals surface area contributed by atoms with E-state index in [1.54, 1.807) is 24.3 Å². The number of para-hydroxylation sites is 1. The Morgan fingerprint density at radius 3 is 3.07 bits per heavy atom. The number of halogens is 1. The summed E-state index contributed by atoms with van der Waals surface area (Å²) in [6.07, 6.45) is -0.874. The quantitative estimate of drug-likeness (QED) is 0.689. The van der Waals surface area contributed by atoms with Gasteiger partial charge < -0.3 is 4.74 Å². The van der Waals surface area contributed by atoms with Crippen LogP contribution < -0.4 is 0 Å². The van der Waals surface area contributed by atoms with Crippen LogP contribution in [0.25, 0.3) is 11.0 Å². The Kier molecular flexibility index (Phi) is 2.10. The lowest BCUT2D eigenvalue weighted by Gasteiger charge is -1.98. The monoisotopic (exact) mass is 195 g/mol. The third kappa shape index (κ3) is 1.30. The lowest BCUT2D eigenvalue weighted by molar-refractivity contribution is 0.0974. The molecular formula is C8H6FN3O2. The summed E-state index contributed by atoms with van der Waals surface area (Å²) in [7, 11) is 0. The van der Waals surface area contributed by atoms with Crippen molar-refractivity contribution in [3.05, 3.63) is 24.3 Å². The largest absolute Gasteiger partial charge is 0.439 e. The number of nitrogens with zero attached hydrogens (tertiary/aromatic N) is 3.